The molecule has 1 fully saturated rings. The van der Waals surface area contributed by atoms with E-state index in [0.717, 1.165) is 19.4 Å². The molecule has 106 valence electrons. The Labute approximate surface area is 117 Å². The SMILES string of the molecule is CC1(C)C(NCCCC(N)c2ccccc2)C1(C)C. The maximum atomic E-state index is 6.21. The lowest BCUT2D eigenvalue weighted by molar-refractivity contribution is 0.457. The molecule has 3 N–H and O–H groups in total. The predicted molar refractivity (Wildman–Crippen MR) is 82.0 cm³/mol. The van der Waals surface area contributed by atoms with E-state index in [1.54, 1.807) is 0 Å². The zero-order valence-corrected chi connectivity index (χ0v) is 12.7. The van der Waals surface area contributed by atoms with Gasteiger partial charge in [0.25, 0.3) is 0 Å². The van der Waals surface area contributed by atoms with Crippen LogP contribution in [0.1, 0.15) is 52.1 Å². The van der Waals surface area contributed by atoms with Gasteiger partial charge in [-0.1, -0.05) is 58.0 Å². The number of hydrogen-bond donors (Lipinski definition) is 2. The third-order valence-corrected chi connectivity index (χ3v) is 5.29. The molecule has 0 aromatic heterocycles. The number of hydrogen-bond acceptors (Lipinski definition) is 2. The molecular weight excluding hydrogens is 232 g/mol. The van der Waals surface area contributed by atoms with Gasteiger partial charge in [0.05, 0.1) is 0 Å². The van der Waals surface area contributed by atoms with E-state index in [1.807, 2.05) is 6.07 Å². The van der Waals surface area contributed by atoms with Crippen molar-refractivity contribution in [3.63, 3.8) is 0 Å². The van der Waals surface area contributed by atoms with Crippen molar-refractivity contribution in [2.45, 2.75) is 52.6 Å². The second kappa shape index (κ2) is 5.26. The van der Waals surface area contributed by atoms with Gasteiger partial charge in [-0.25, -0.2) is 0 Å². The van der Waals surface area contributed by atoms with Crippen LogP contribution >= 0.6 is 0 Å². The summed E-state index contributed by atoms with van der Waals surface area (Å²) in [6.07, 6.45) is 2.18. The molecule has 2 heteroatoms. The average Bonchev–Trinajstić information content (AvgIpc) is 2.77. The van der Waals surface area contributed by atoms with E-state index in [4.69, 9.17) is 5.73 Å². The van der Waals surface area contributed by atoms with Gasteiger partial charge in [0.1, 0.15) is 0 Å². The molecule has 0 aliphatic heterocycles. The topological polar surface area (TPSA) is 38.0 Å². The monoisotopic (exact) mass is 260 g/mol. The Bertz CT molecular complexity index is 395. The first-order valence-electron chi connectivity index (χ1n) is 7.41. The molecule has 1 aliphatic carbocycles. The molecule has 0 saturated heterocycles. The van der Waals surface area contributed by atoms with E-state index in [-0.39, 0.29) is 6.04 Å². The lowest BCUT2D eigenvalue weighted by Gasteiger charge is -2.12. The summed E-state index contributed by atoms with van der Waals surface area (Å²) in [5, 5.41) is 3.69. The van der Waals surface area contributed by atoms with Gasteiger partial charge in [-0.15, -0.1) is 0 Å². The van der Waals surface area contributed by atoms with Crippen molar-refractivity contribution in [3.8, 4) is 0 Å². The number of benzene rings is 1. The Morgan fingerprint density at radius 1 is 1.11 bits per heavy atom. The molecule has 0 spiro atoms. The average molecular weight is 260 g/mol. The largest absolute Gasteiger partial charge is 0.324 e. The number of rotatable bonds is 6. The fourth-order valence-electron chi connectivity index (χ4n) is 3.14. The van der Waals surface area contributed by atoms with Crippen molar-refractivity contribution < 1.29 is 0 Å². The van der Waals surface area contributed by atoms with Gasteiger partial charge < -0.3 is 11.1 Å². The van der Waals surface area contributed by atoms with Crippen molar-refractivity contribution >= 4 is 0 Å². The lowest BCUT2D eigenvalue weighted by atomic mass is 10.0. The second-order valence-electron chi connectivity index (χ2n) is 6.99. The first kappa shape index (κ1) is 14.5. The van der Waals surface area contributed by atoms with Crippen LogP contribution in [0.2, 0.25) is 0 Å². The van der Waals surface area contributed by atoms with Crippen LogP contribution in [0.4, 0.5) is 0 Å². The summed E-state index contributed by atoms with van der Waals surface area (Å²) in [5.74, 6) is 0. The number of nitrogens with one attached hydrogen (secondary N) is 1. The Morgan fingerprint density at radius 2 is 1.68 bits per heavy atom. The van der Waals surface area contributed by atoms with Crippen LogP contribution in [0.15, 0.2) is 30.3 Å². The van der Waals surface area contributed by atoms with E-state index in [9.17, 15) is 0 Å². The maximum absolute atomic E-state index is 6.21. The van der Waals surface area contributed by atoms with Gasteiger partial charge in [0.2, 0.25) is 0 Å². The molecule has 0 radical (unpaired) electrons. The van der Waals surface area contributed by atoms with Gasteiger partial charge in [0.15, 0.2) is 0 Å². The fourth-order valence-corrected chi connectivity index (χ4v) is 3.14. The van der Waals surface area contributed by atoms with E-state index < -0.39 is 0 Å². The third-order valence-electron chi connectivity index (χ3n) is 5.29. The standard InChI is InChI=1S/C17H28N2/c1-16(2)15(17(16,3)4)19-12-8-11-14(18)13-9-6-5-7-10-13/h5-7,9-10,14-15,19H,8,11-12,18H2,1-4H3. The highest BCUT2D eigenvalue weighted by Crippen LogP contribution is 2.62. The van der Waals surface area contributed by atoms with Crippen LogP contribution in [-0.2, 0) is 0 Å². The van der Waals surface area contributed by atoms with Crippen LogP contribution in [-0.4, -0.2) is 12.6 Å². The molecular formula is C17H28N2. The first-order chi connectivity index (χ1) is 8.87. The normalized spacial score (nSPS) is 22.2. The van der Waals surface area contributed by atoms with Crippen LogP contribution in [0.3, 0.4) is 0 Å². The highest BCUT2D eigenvalue weighted by Gasteiger charge is 2.64. The van der Waals surface area contributed by atoms with Crippen molar-refractivity contribution in [1.82, 2.24) is 5.32 Å². The summed E-state index contributed by atoms with van der Waals surface area (Å²) in [5.41, 5.74) is 8.30. The minimum Gasteiger partial charge on any atom is -0.324 e. The molecule has 1 atom stereocenters. The van der Waals surface area contributed by atoms with Crippen LogP contribution in [0, 0.1) is 10.8 Å². The molecule has 1 aromatic carbocycles. The van der Waals surface area contributed by atoms with E-state index >= 15 is 0 Å². The third kappa shape index (κ3) is 2.85. The Morgan fingerprint density at radius 3 is 2.21 bits per heavy atom. The molecule has 19 heavy (non-hydrogen) atoms. The zero-order chi connectivity index (χ0) is 14.1. The molecule has 2 rings (SSSR count). The molecule has 0 bridgehead atoms. The van der Waals surface area contributed by atoms with E-state index in [1.165, 1.54) is 5.56 Å². The number of nitrogens with two attached hydrogens (primary N) is 1. The van der Waals surface area contributed by atoms with Crippen molar-refractivity contribution in [3.05, 3.63) is 35.9 Å². The summed E-state index contributed by atoms with van der Waals surface area (Å²) < 4.78 is 0. The summed E-state index contributed by atoms with van der Waals surface area (Å²) in [6, 6.07) is 11.2. The van der Waals surface area contributed by atoms with Gasteiger partial charge in [0, 0.05) is 12.1 Å². The van der Waals surface area contributed by atoms with Gasteiger partial charge >= 0.3 is 0 Å². The maximum Gasteiger partial charge on any atom is 0.0295 e. The Balaban J connectivity index is 1.69. The quantitative estimate of drug-likeness (QED) is 0.768. The van der Waals surface area contributed by atoms with Crippen LogP contribution in [0.25, 0.3) is 0 Å². The highest BCUT2D eigenvalue weighted by atomic mass is 15.0. The fraction of sp³-hybridized carbons (Fsp3) is 0.647. The van der Waals surface area contributed by atoms with Crippen molar-refractivity contribution in [2.75, 3.05) is 6.54 Å². The first-order valence-corrected chi connectivity index (χ1v) is 7.41. The molecule has 2 nitrogen and oxygen atoms in total. The smallest absolute Gasteiger partial charge is 0.0295 e. The predicted octanol–water partition coefficient (Wildman–Crippen LogP) is 3.49. The molecule has 0 heterocycles. The lowest BCUT2D eigenvalue weighted by Crippen LogP contribution is -2.24. The second-order valence-corrected chi connectivity index (χ2v) is 6.99. The molecule has 1 aliphatic rings. The van der Waals surface area contributed by atoms with Gasteiger partial charge in [-0.05, 0) is 35.8 Å². The molecule has 0 amide bonds. The van der Waals surface area contributed by atoms with Crippen LogP contribution in [0.5, 0.6) is 0 Å². The van der Waals surface area contributed by atoms with Gasteiger partial charge in [-0.2, -0.15) is 0 Å². The van der Waals surface area contributed by atoms with E-state index in [0.29, 0.717) is 16.9 Å². The molecule has 1 aromatic rings. The Kier molecular flexibility index (Phi) is 4.03. The minimum atomic E-state index is 0.170. The summed E-state index contributed by atoms with van der Waals surface area (Å²) in [6.45, 7) is 10.5. The summed E-state index contributed by atoms with van der Waals surface area (Å²) >= 11 is 0. The van der Waals surface area contributed by atoms with Crippen molar-refractivity contribution in [1.29, 1.82) is 0 Å². The Hall–Kier alpha value is -0.860. The summed E-state index contributed by atoms with van der Waals surface area (Å²) in [7, 11) is 0. The minimum absolute atomic E-state index is 0.170. The van der Waals surface area contributed by atoms with Crippen LogP contribution < -0.4 is 11.1 Å². The summed E-state index contributed by atoms with van der Waals surface area (Å²) in [4.78, 5) is 0. The molecule has 1 saturated carbocycles. The highest BCUT2D eigenvalue weighted by molar-refractivity contribution is 5.19. The van der Waals surface area contributed by atoms with Gasteiger partial charge in [-0.3, -0.25) is 0 Å². The zero-order valence-electron chi connectivity index (χ0n) is 12.7. The van der Waals surface area contributed by atoms with E-state index in [2.05, 4.69) is 57.3 Å². The molecule has 1 unspecified atom stereocenters. The van der Waals surface area contributed by atoms with Crippen molar-refractivity contribution in [2.24, 2.45) is 16.6 Å².